The Morgan fingerprint density at radius 1 is 1.26 bits per heavy atom. The molecule has 1 saturated carbocycles. The number of carbonyl (C=O) groups excluding carboxylic acids is 1. The second-order valence-corrected chi connectivity index (χ2v) is 6.83. The monoisotopic (exact) mass is 327 g/mol. The van der Waals surface area contributed by atoms with Crippen molar-refractivity contribution < 1.29 is 4.79 Å². The summed E-state index contributed by atoms with van der Waals surface area (Å²) in [7, 11) is 0. The highest BCUT2D eigenvalue weighted by atomic mass is 32.1. The van der Waals surface area contributed by atoms with E-state index in [-0.39, 0.29) is 5.91 Å². The van der Waals surface area contributed by atoms with Gasteiger partial charge in [0.1, 0.15) is 5.01 Å². The molecule has 23 heavy (non-hydrogen) atoms. The highest BCUT2D eigenvalue weighted by Crippen LogP contribution is 2.39. The quantitative estimate of drug-likeness (QED) is 0.754. The third-order valence-electron chi connectivity index (χ3n) is 3.90. The van der Waals surface area contributed by atoms with Crippen LogP contribution >= 0.6 is 11.3 Å². The molecule has 0 radical (unpaired) electrons. The zero-order valence-electron chi connectivity index (χ0n) is 12.6. The average Bonchev–Trinajstić information content (AvgIpc) is 3.21. The van der Waals surface area contributed by atoms with E-state index in [9.17, 15) is 4.79 Å². The lowest BCUT2D eigenvalue weighted by atomic mass is 10.2. The zero-order valence-corrected chi connectivity index (χ0v) is 13.4. The number of amides is 1. The van der Waals surface area contributed by atoms with Gasteiger partial charge in [0.25, 0.3) is 0 Å². The number of benzene rings is 1. The largest absolute Gasteiger partial charge is 0.352 e. The summed E-state index contributed by atoms with van der Waals surface area (Å²) < 4.78 is 1.85. The van der Waals surface area contributed by atoms with Gasteiger partial charge in [-0.1, -0.05) is 41.7 Å². The van der Waals surface area contributed by atoms with Crippen LogP contribution in [0, 0.1) is 0 Å². The molecule has 0 bridgehead atoms. The Kier molecular flexibility index (Phi) is 3.78. The van der Waals surface area contributed by atoms with Crippen LogP contribution < -0.4 is 5.32 Å². The minimum absolute atomic E-state index is 0.0437. The van der Waals surface area contributed by atoms with Crippen molar-refractivity contribution in [1.82, 2.24) is 25.1 Å². The summed E-state index contributed by atoms with van der Waals surface area (Å²) in [4.78, 5) is 12.8. The molecule has 118 valence electrons. The van der Waals surface area contributed by atoms with Crippen molar-refractivity contribution in [3.63, 3.8) is 0 Å². The molecule has 2 aromatic heterocycles. The van der Waals surface area contributed by atoms with Gasteiger partial charge in [-0.25, -0.2) is 0 Å². The van der Waals surface area contributed by atoms with Gasteiger partial charge in [-0.3, -0.25) is 4.79 Å². The van der Waals surface area contributed by atoms with E-state index in [0.29, 0.717) is 25.3 Å². The van der Waals surface area contributed by atoms with E-state index in [0.717, 1.165) is 21.4 Å². The van der Waals surface area contributed by atoms with Gasteiger partial charge in [-0.15, -0.1) is 10.2 Å². The standard InChI is InChI=1S/C16H17N5OS/c22-13(17-10-11-4-2-1-3-5-11)8-9-14-20-21-15(12-6-7-12)18-19-16(21)23-14/h1-5,12H,6-10H2,(H,17,22). The molecular weight excluding hydrogens is 310 g/mol. The first kappa shape index (κ1) is 14.3. The fraction of sp³-hybridized carbons (Fsp3) is 0.375. The molecule has 7 heteroatoms. The van der Waals surface area contributed by atoms with Gasteiger partial charge in [0.05, 0.1) is 0 Å². The van der Waals surface area contributed by atoms with Crippen LogP contribution in [0.1, 0.15) is 41.6 Å². The molecule has 1 aromatic carbocycles. The third kappa shape index (κ3) is 3.24. The van der Waals surface area contributed by atoms with E-state index in [1.165, 1.54) is 24.2 Å². The number of aromatic nitrogens is 4. The van der Waals surface area contributed by atoms with Crippen LogP contribution in [0.15, 0.2) is 30.3 Å². The van der Waals surface area contributed by atoms with Crippen LogP contribution in [0.5, 0.6) is 0 Å². The van der Waals surface area contributed by atoms with E-state index in [1.807, 2.05) is 34.8 Å². The maximum atomic E-state index is 12.0. The number of carbonyl (C=O) groups is 1. The van der Waals surface area contributed by atoms with Crippen molar-refractivity contribution in [2.75, 3.05) is 0 Å². The molecule has 0 saturated heterocycles. The van der Waals surface area contributed by atoms with E-state index < -0.39 is 0 Å². The number of nitrogens with one attached hydrogen (secondary N) is 1. The van der Waals surface area contributed by atoms with Crippen LogP contribution in [0.4, 0.5) is 0 Å². The minimum Gasteiger partial charge on any atom is -0.352 e. The molecular formula is C16H17N5OS. The molecule has 1 N–H and O–H groups in total. The van der Waals surface area contributed by atoms with E-state index in [4.69, 9.17) is 0 Å². The summed E-state index contributed by atoms with van der Waals surface area (Å²) in [5.41, 5.74) is 1.11. The van der Waals surface area contributed by atoms with E-state index in [2.05, 4.69) is 20.6 Å². The first-order valence-electron chi connectivity index (χ1n) is 7.81. The highest BCUT2D eigenvalue weighted by Gasteiger charge is 2.30. The molecule has 1 fully saturated rings. The van der Waals surface area contributed by atoms with Gasteiger partial charge >= 0.3 is 0 Å². The van der Waals surface area contributed by atoms with Crippen molar-refractivity contribution in [3.05, 3.63) is 46.7 Å². The molecule has 0 aliphatic heterocycles. The smallest absolute Gasteiger partial charge is 0.234 e. The molecule has 0 unspecified atom stereocenters. The lowest BCUT2D eigenvalue weighted by Crippen LogP contribution is -2.22. The van der Waals surface area contributed by atoms with Gasteiger partial charge in [0, 0.05) is 25.3 Å². The number of aryl methyl sites for hydroxylation is 1. The van der Waals surface area contributed by atoms with Crippen molar-refractivity contribution in [2.45, 2.75) is 38.1 Å². The lowest BCUT2D eigenvalue weighted by Gasteiger charge is -2.04. The average molecular weight is 327 g/mol. The summed E-state index contributed by atoms with van der Waals surface area (Å²) in [6.07, 6.45) is 3.43. The second-order valence-electron chi connectivity index (χ2n) is 5.78. The third-order valence-corrected chi connectivity index (χ3v) is 4.86. The van der Waals surface area contributed by atoms with Crippen LogP contribution in [0.2, 0.25) is 0 Å². The minimum atomic E-state index is 0.0437. The molecule has 4 rings (SSSR count). The number of hydrogen-bond donors (Lipinski definition) is 1. The molecule has 6 nitrogen and oxygen atoms in total. The van der Waals surface area contributed by atoms with Crippen LogP contribution in [-0.2, 0) is 17.8 Å². The Balaban J connectivity index is 1.32. The summed E-state index contributed by atoms with van der Waals surface area (Å²) in [6.45, 7) is 0.566. The zero-order chi connectivity index (χ0) is 15.6. The Morgan fingerprint density at radius 2 is 2.09 bits per heavy atom. The Morgan fingerprint density at radius 3 is 2.87 bits per heavy atom. The molecule has 2 heterocycles. The summed E-state index contributed by atoms with van der Waals surface area (Å²) >= 11 is 1.52. The van der Waals surface area contributed by atoms with Gasteiger partial charge in [0.2, 0.25) is 10.9 Å². The van der Waals surface area contributed by atoms with Crippen molar-refractivity contribution >= 4 is 22.2 Å². The molecule has 1 aliphatic carbocycles. The van der Waals surface area contributed by atoms with Crippen molar-refractivity contribution in [1.29, 1.82) is 0 Å². The highest BCUT2D eigenvalue weighted by molar-refractivity contribution is 7.16. The predicted molar refractivity (Wildman–Crippen MR) is 87.2 cm³/mol. The van der Waals surface area contributed by atoms with E-state index in [1.54, 1.807) is 0 Å². The number of fused-ring (bicyclic) bond motifs is 1. The van der Waals surface area contributed by atoms with E-state index >= 15 is 0 Å². The normalized spacial score (nSPS) is 14.3. The Bertz CT molecular complexity index is 821. The Hall–Kier alpha value is -2.28. The molecule has 3 aromatic rings. The first-order valence-corrected chi connectivity index (χ1v) is 8.63. The summed E-state index contributed by atoms with van der Waals surface area (Å²) in [5.74, 6) is 1.53. The van der Waals surface area contributed by atoms with Gasteiger partial charge in [-0.05, 0) is 18.4 Å². The van der Waals surface area contributed by atoms with Gasteiger partial charge in [-0.2, -0.15) is 9.61 Å². The topological polar surface area (TPSA) is 72.2 Å². The second kappa shape index (κ2) is 6.08. The maximum absolute atomic E-state index is 12.0. The van der Waals surface area contributed by atoms with Crippen LogP contribution in [-0.4, -0.2) is 25.7 Å². The molecule has 1 amide bonds. The Labute approximate surface area is 137 Å². The number of rotatable bonds is 6. The van der Waals surface area contributed by atoms with Crippen molar-refractivity contribution in [2.24, 2.45) is 0 Å². The lowest BCUT2D eigenvalue weighted by molar-refractivity contribution is -0.121. The van der Waals surface area contributed by atoms with Gasteiger partial charge in [0.15, 0.2) is 5.82 Å². The van der Waals surface area contributed by atoms with Crippen LogP contribution in [0.25, 0.3) is 4.96 Å². The summed E-state index contributed by atoms with van der Waals surface area (Å²) in [6, 6.07) is 9.91. The SMILES string of the molecule is O=C(CCc1nn2c(C3CC3)nnc2s1)NCc1ccccc1. The first-order chi connectivity index (χ1) is 11.3. The maximum Gasteiger partial charge on any atom is 0.234 e. The fourth-order valence-corrected chi connectivity index (χ4v) is 3.31. The molecule has 1 aliphatic rings. The summed E-state index contributed by atoms with van der Waals surface area (Å²) in [5, 5.41) is 16.8. The molecule has 0 atom stereocenters. The van der Waals surface area contributed by atoms with Crippen molar-refractivity contribution in [3.8, 4) is 0 Å². The number of hydrogen-bond acceptors (Lipinski definition) is 5. The van der Waals surface area contributed by atoms with Gasteiger partial charge < -0.3 is 5.32 Å². The molecule has 0 spiro atoms. The fourth-order valence-electron chi connectivity index (χ4n) is 2.47. The van der Waals surface area contributed by atoms with Crippen LogP contribution in [0.3, 0.4) is 0 Å². The predicted octanol–water partition coefficient (Wildman–Crippen LogP) is 2.31. The number of nitrogens with zero attached hydrogens (tertiary/aromatic N) is 4.